The van der Waals surface area contributed by atoms with Gasteiger partial charge in [-0.05, 0) is 75.4 Å². The normalized spacial score (nSPS) is 10.8. The molecule has 2 heterocycles. The molecule has 0 saturated heterocycles. The third-order valence-corrected chi connectivity index (χ3v) is 5.76. The van der Waals surface area contributed by atoms with E-state index in [0.717, 1.165) is 11.4 Å². The van der Waals surface area contributed by atoms with Crippen LogP contribution in [0.25, 0.3) is 5.69 Å². The van der Waals surface area contributed by atoms with E-state index in [0.29, 0.717) is 33.5 Å². The monoisotopic (exact) mass is 476 g/mol. The van der Waals surface area contributed by atoms with E-state index in [1.54, 1.807) is 36.4 Å². The van der Waals surface area contributed by atoms with Crippen LogP contribution in [0.3, 0.4) is 0 Å². The number of hydrogen-bond acceptors (Lipinski definition) is 7. The largest absolute Gasteiger partial charge is 0.321 e. The van der Waals surface area contributed by atoms with Crippen molar-refractivity contribution in [3.05, 3.63) is 88.8 Å². The molecule has 34 heavy (non-hydrogen) atoms. The van der Waals surface area contributed by atoms with E-state index >= 15 is 0 Å². The lowest BCUT2D eigenvalue weighted by Crippen LogP contribution is -2.15. The van der Waals surface area contributed by atoms with Gasteiger partial charge < -0.3 is 5.32 Å². The van der Waals surface area contributed by atoms with Crippen molar-refractivity contribution in [1.82, 2.24) is 25.0 Å². The summed E-state index contributed by atoms with van der Waals surface area (Å²) in [5, 5.41) is 11.6. The number of anilines is 1. The third-order valence-electron chi connectivity index (χ3n) is 4.90. The Morgan fingerprint density at radius 1 is 1.00 bits per heavy atom. The summed E-state index contributed by atoms with van der Waals surface area (Å²) in [7, 11) is 0. The molecule has 0 unspecified atom stereocenters. The molecular formula is C24H21FN6O2S. The van der Waals surface area contributed by atoms with Crippen molar-refractivity contribution < 1.29 is 14.0 Å². The van der Waals surface area contributed by atoms with Gasteiger partial charge in [-0.3, -0.25) is 9.59 Å². The predicted octanol–water partition coefficient (Wildman–Crippen LogP) is 4.56. The summed E-state index contributed by atoms with van der Waals surface area (Å²) in [4.78, 5) is 33.4. The van der Waals surface area contributed by atoms with Gasteiger partial charge in [-0.2, -0.15) is 0 Å². The van der Waals surface area contributed by atoms with Gasteiger partial charge in [0.15, 0.2) is 16.6 Å². The number of thioether (sulfide) groups is 1. The highest BCUT2D eigenvalue weighted by Crippen LogP contribution is 2.24. The number of carbonyl (C=O) groups excluding carboxylic acids is 2. The Morgan fingerprint density at radius 3 is 2.26 bits per heavy atom. The van der Waals surface area contributed by atoms with Gasteiger partial charge in [0, 0.05) is 28.4 Å². The van der Waals surface area contributed by atoms with E-state index in [9.17, 15) is 14.0 Å². The lowest BCUT2D eigenvalue weighted by molar-refractivity contribution is 0.101. The number of amides is 1. The van der Waals surface area contributed by atoms with Crippen LogP contribution in [-0.2, 0) is 5.75 Å². The van der Waals surface area contributed by atoms with Crippen molar-refractivity contribution in [2.45, 2.75) is 31.7 Å². The minimum absolute atomic E-state index is 0.0620. The quantitative estimate of drug-likeness (QED) is 0.237. The molecule has 0 aliphatic rings. The Bertz CT molecular complexity index is 1330. The highest BCUT2D eigenvalue weighted by atomic mass is 32.2. The van der Waals surface area contributed by atoms with Gasteiger partial charge in [0.1, 0.15) is 5.82 Å². The molecule has 1 N–H and O–H groups in total. The minimum atomic E-state index is -0.458. The zero-order valence-electron chi connectivity index (χ0n) is 18.7. The molecule has 2 aromatic heterocycles. The van der Waals surface area contributed by atoms with Gasteiger partial charge in [0.2, 0.25) is 0 Å². The highest BCUT2D eigenvalue weighted by Gasteiger charge is 2.22. The Morgan fingerprint density at radius 2 is 1.65 bits per heavy atom. The van der Waals surface area contributed by atoms with Crippen molar-refractivity contribution in [3.8, 4) is 5.69 Å². The molecule has 172 valence electrons. The molecule has 2 aromatic carbocycles. The average molecular weight is 477 g/mol. The number of nitrogens with zero attached hydrogens (tertiary/aromatic N) is 5. The van der Waals surface area contributed by atoms with Crippen LogP contribution >= 0.6 is 11.8 Å². The number of aryl methyl sites for hydroxylation is 2. The molecule has 8 nitrogen and oxygen atoms in total. The summed E-state index contributed by atoms with van der Waals surface area (Å²) in [5.74, 6) is -0.594. The van der Waals surface area contributed by atoms with E-state index in [2.05, 4.69) is 25.6 Å². The summed E-state index contributed by atoms with van der Waals surface area (Å²) in [5.41, 5.74) is 3.94. The molecule has 0 spiro atoms. The van der Waals surface area contributed by atoms with Crippen LogP contribution in [0, 0.1) is 19.7 Å². The second-order valence-electron chi connectivity index (χ2n) is 7.58. The van der Waals surface area contributed by atoms with Crippen molar-refractivity contribution in [2.75, 3.05) is 5.32 Å². The number of carbonyl (C=O) groups is 2. The standard InChI is InChI=1S/C24H21FN6O2S/c1-14-12-15(2)27-24(26-14)34-13-21-22(29-30-31(21)20-10-6-18(25)7-11-20)23(33)28-19-8-4-17(5-9-19)16(3)32/h4-12H,13H2,1-3H3,(H,28,33). The topological polar surface area (TPSA) is 103 Å². The van der Waals surface area contributed by atoms with Crippen molar-refractivity contribution in [2.24, 2.45) is 0 Å². The van der Waals surface area contributed by atoms with Crippen molar-refractivity contribution in [3.63, 3.8) is 0 Å². The van der Waals surface area contributed by atoms with Crippen LogP contribution in [-0.4, -0.2) is 36.7 Å². The molecule has 0 aliphatic carbocycles. The number of hydrogen-bond donors (Lipinski definition) is 1. The molecule has 0 aliphatic heterocycles. The fourth-order valence-electron chi connectivity index (χ4n) is 3.27. The van der Waals surface area contributed by atoms with E-state index in [1.165, 1.54) is 35.5 Å². The second kappa shape index (κ2) is 9.92. The highest BCUT2D eigenvalue weighted by molar-refractivity contribution is 7.98. The fraction of sp³-hybridized carbons (Fsp3) is 0.167. The molecule has 0 bridgehead atoms. The number of aromatic nitrogens is 5. The van der Waals surface area contributed by atoms with Gasteiger partial charge >= 0.3 is 0 Å². The molecule has 4 aromatic rings. The fourth-order valence-corrected chi connectivity index (χ4v) is 4.21. The first kappa shape index (κ1) is 23.2. The van der Waals surface area contributed by atoms with E-state index in [-0.39, 0.29) is 17.3 Å². The first-order valence-corrected chi connectivity index (χ1v) is 11.4. The molecule has 0 fully saturated rings. The maximum absolute atomic E-state index is 13.5. The van der Waals surface area contributed by atoms with Crippen LogP contribution in [0.15, 0.2) is 59.8 Å². The predicted molar refractivity (Wildman–Crippen MR) is 127 cm³/mol. The van der Waals surface area contributed by atoms with Crippen molar-refractivity contribution in [1.29, 1.82) is 0 Å². The van der Waals surface area contributed by atoms with E-state index in [1.807, 2.05) is 19.9 Å². The molecule has 0 saturated carbocycles. The smallest absolute Gasteiger partial charge is 0.278 e. The van der Waals surface area contributed by atoms with E-state index < -0.39 is 5.91 Å². The summed E-state index contributed by atoms with van der Waals surface area (Å²) in [6.45, 7) is 5.25. The summed E-state index contributed by atoms with van der Waals surface area (Å²) >= 11 is 1.35. The molecule has 0 radical (unpaired) electrons. The Balaban J connectivity index is 1.64. The number of rotatable bonds is 7. The SMILES string of the molecule is CC(=O)c1ccc(NC(=O)c2nnn(-c3ccc(F)cc3)c2CSc2nc(C)cc(C)n2)cc1. The van der Waals surface area contributed by atoms with Gasteiger partial charge in [0.05, 0.1) is 11.4 Å². The summed E-state index contributed by atoms with van der Waals surface area (Å²) in [6.07, 6.45) is 0. The Labute approximate surface area is 199 Å². The van der Waals surface area contributed by atoms with Gasteiger partial charge in [-0.1, -0.05) is 17.0 Å². The van der Waals surface area contributed by atoms with E-state index in [4.69, 9.17) is 0 Å². The number of nitrogens with one attached hydrogen (secondary N) is 1. The first-order valence-electron chi connectivity index (χ1n) is 10.4. The maximum Gasteiger partial charge on any atom is 0.278 e. The average Bonchev–Trinajstić information content (AvgIpc) is 3.22. The van der Waals surface area contributed by atoms with Crippen LogP contribution in [0.2, 0.25) is 0 Å². The number of Topliss-reactive ketones (excluding diaryl/α,β-unsaturated/α-hetero) is 1. The van der Waals surface area contributed by atoms with Gasteiger partial charge in [0.25, 0.3) is 5.91 Å². The lowest BCUT2D eigenvalue weighted by Gasteiger charge is -2.09. The Kier molecular flexibility index (Phi) is 6.78. The number of halogens is 1. The third kappa shape index (κ3) is 5.34. The van der Waals surface area contributed by atoms with Gasteiger partial charge in [-0.15, -0.1) is 5.10 Å². The zero-order valence-corrected chi connectivity index (χ0v) is 19.6. The van der Waals surface area contributed by atoms with Crippen LogP contribution in [0.5, 0.6) is 0 Å². The van der Waals surface area contributed by atoms with Crippen molar-refractivity contribution >= 4 is 29.1 Å². The minimum Gasteiger partial charge on any atom is -0.321 e. The molecule has 1 amide bonds. The number of benzene rings is 2. The molecule has 0 atom stereocenters. The molecular weight excluding hydrogens is 455 g/mol. The summed E-state index contributed by atoms with van der Waals surface area (Å²) in [6, 6.07) is 14.2. The summed E-state index contributed by atoms with van der Waals surface area (Å²) < 4.78 is 15.0. The molecule has 10 heteroatoms. The van der Waals surface area contributed by atoms with Crippen LogP contribution in [0.1, 0.15) is 44.9 Å². The first-order chi connectivity index (χ1) is 16.3. The zero-order chi connectivity index (χ0) is 24.2. The number of ketones is 1. The molecule has 4 rings (SSSR count). The van der Waals surface area contributed by atoms with Crippen LogP contribution < -0.4 is 5.32 Å². The second-order valence-corrected chi connectivity index (χ2v) is 8.53. The van der Waals surface area contributed by atoms with Crippen LogP contribution in [0.4, 0.5) is 10.1 Å². The maximum atomic E-state index is 13.5. The Hall–Kier alpha value is -3.92. The lowest BCUT2D eigenvalue weighted by atomic mass is 10.1. The van der Waals surface area contributed by atoms with Gasteiger partial charge in [-0.25, -0.2) is 19.0 Å².